The number of ketones is 1. The first-order valence-corrected chi connectivity index (χ1v) is 8.71. The van der Waals surface area contributed by atoms with Gasteiger partial charge in [-0.05, 0) is 32.5 Å². The van der Waals surface area contributed by atoms with Gasteiger partial charge in [-0.1, -0.05) is 38.5 Å². The summed E-state index contributed by atoms with van der Waals surface area (Å²) in [5, 5.41) is 10.6. The first-order chi connectivity index (χ1) is 11.5. The molecule has 0 amide bonds. The lowest BCUT2D eigenvalue weighted by atomic mass is 9.84. The lowest BCUT2D eigenvalue weighted by Crippen LogP contribution is -2.41. The third-order valence-electron chi connectivity index (χ3n) is 4.69. The van der Waals surface area contributed by atoms with E-state index in [1.807, 2.05) is 13.0 Å². The summed E-state index contributed by atoms with van der Waals surface area (Å²) in [6.45, 7) is 7.71. The van der Waals surface area contributed by atoms with Crippen LogP contribution in [-0.2, 0) is 14.3 Å². The molecule has 132 valence electrons. The van der Waals surface area contributed by atoms with E-state index in [2.05, 4.69) is 11.8 Å². The Morgan fingerprint density at radius 3 is 2.67 bits per heavy atom. The number of nitrogens with zero attached hydrogens (tertiary/aromatic N) is 1. The van der Waals surface area contributed by atoms with Gasteiger partial charge < -0.3 is 14.7 Å². The number of Topliss-reactive ketones (excluding diaryl/α,β-unsaturated/α-hetero) is 1. The Morgan fingerprint density at radius 1 is 1.33 bits per heavy atom. The van der Waals surface area contributed by atoms with Gasteiger partial charge in [-0.25, -0.2) is 4.79 Å². The number of unbranched alkanes of at least 4 members (excludes halogenated alkanes) is 1. The Morgan fingerprint density at radius 2 is 2.04 bits per heavy atom. The molecule has 3 atom stereocenters. The lowest BCUT2D eigenvalue weighted by molar-refractivity contribution is -0.148. The van der Waals surface area contributed by atoms with Gasteiger partial charge in [0, 0.05) is 6.54 Å². The largest absolute Gasteiger partial charge is 0.511 e. The number of aliphatic hydroxyl groups is 1. The summed E-state index contributed by atoms with van der Waals surface area (Å²) in [5.41, 5.74) is 0.124. The summed E-state index contributed by atoms with van der Waals surface area (Å²) in [7, 11) is 0. The van der Waals surface area contributed by atoms with Crippen LogP contribution < -0.4 is 0 Å². The van der Waals surface area contributed by atoms with Gasteiger partial charge in [-0.2, -0.15) is 0 Å². The van der Waals surface area contributed by atoms with E-state index in [-0.39, 0.29) is 17.1 Å². The van der Waals surface area contributed by atoms with E-state index < -0.39 is 23.9 Å². The van der Waals surface area contributed by atoms with E-state index in [1.165, 1.54) is 6.92 Å². The minimum Gasteiger partial charge on any atom is -0.511 e. The van der Waals surface area contributed by atoms with Gasteiger partial charge in [0.15, 0.2) is 0 Å². The highest BCUT2D eigenvalue weighted by atomic mass is 16.5. The number of hydrogen-bond donors (Lipinski definition) is 1. The van der Waals surface area contributed by atoms with Crippen molar-refractivity contribution in [2.45, 2.75) is 39.7 Å². The molecular formula is C19H27NO4. The molecule has 1 aliphatic carbocycles. The molecule has 0 spiro atoms. The highest BCUT2D eigenvalue weighted by Gasteiger charge is 2.41. The van der Waals surface area contributed by atoms with Crippen LogP contribution in [-0.4, -0.2) is 47.5 Å². The second kappa shape index (κ2) is 8.29. The SMILES string of the molecule is CCCCN(CC)CC(C(C)=O)C1=C(O)C2C=CC=CC2OC1=O. The molecule has 0 saturated heterocycles. The van der Waals surface area contributed by atoms with Gasteiger partial charge in [0.25, 0.3) is 0 Å². The molecular weight excluding hydrogens is 306 g/mol. The number of carbonyl (C=O) groups is 2. The van der Waals surface area contributed by atoms with Crippen molar-refractivity contribution in [1.29, 1.82) is 0 Å². The van der Waals surface area contributed by atoms with Crippen LogP contribution >= 0.6 is 0 Å². The number of ether oxygens (including phenoxy) is 1. The molecule has 0 fully saturated rings. The molecule has 2 rings (SSSR count). The molecule has 0 aromatic rings. The standard InChI is InChI=1S/C19H27NO4/c1-4-6-11-20(5-2)12-15(13(3)21)17-18(22)14-9-7-8-10-16(14)24-19(17)23/h7-10,14-16,22H,4-6,11-12H2,1-3H3. The topological polar surface area (TPSA) is 66.8 Å². The molecule has 1 N–H and O–H groups in total. The highest BCUT2D eigenvalue weighted by Crippen LogP contribution is 2.34. The third-order valence-corrected chi connectivity index (χ3v) is 4.69. The van der Waals surface area contributed by atoms with Crippen LogP contribution in [0.1, 0.15) is 33.6 Å². The predicted octanol–water partition coefficient (Wildman–Crippen LogP) is 2.79. The molecule has 0 aromatic carbocycles. The second-order valence-electron chi connectivity index (χ2n) is 6.37. The molecule has 1 heterocycles. The Labute approximate surface area is 143 Å². The van der Waals surface area contributed by atoms with Crippen molar-refractivity contribution in [2.24, 2.45) is 11.8 Å². The summed E-state index contributed by atoms with van der Waals surface area (Å²) < 4.78 is 5.44. The molecule has 1 aliphatic heterocycles. The maximum atomic E-state index is 12.4. The number of rotatable bonds is 8. The Bertz CT molecular complexity index is 576. The van der Waals surface area contributed by atoms with E-state index in [4.69, 9.17) is 4.74 Å². The quantitative estimate of drug-likeness (QED) is 0.692. The fourth-order valence-corrected chi connectivity index (χ4v) is 3.18. The summed E-state index contributed by atoms with van der Waals surface area (Å²) in [5.74, 6) is -1.79. The second-order valence-corrected chi connectivity index (χ2v) is 6.37. The molecule has 5 heteroatoms. The maximum absolute atomic E-state index is 12.4. The molecule has 0 bridgehead atoms. The van der Waals surface area contributed by atoms with E-state index in [1.54, 1.807) is 18.2 Å². The van der Waals surface area contributed by atoms with Crippen molar-refractivity contribution in [3.8, 4) is 0 Å². The normalized spacial score (nSPS) is 24.1. The van der Waals surface area contributed by atoms with Crippen LogP contribution in [0.15, 0.2) is 35.6 Å². The van der Waals surface area contributed by atoms with Crippen molar-refractivity contribution in [2.75, 3.05) is 19.6 Å². The predicted molar refractivity (Wildman–Crippen MR) is 92.5 cm³/mol. The van der Waals surface area contributed by atoms with E-state index in [0.29, 0.717) is 6.54 Å². The number of hydrogen-bond acceptors (Lipinski definition) is 5. The van der Waals surface area contributed by atoms with Gasteiger partial charge in [0.05, 0.1) is 17.4 Å². The van der Waals surface area contributed by atoms with Crippen LogP contribution in [0.25, 0.3) is 0 Å². The van der Waals surface area contributed by atoms with Crippen LogP contribution in [0.4, 0.5) is 0 Å². The summed E-state index contributed by atoms with van der Waals surface area (Å²) in [6.07, 6.45) is 8.77. The van der Waals surface area contributed by atoms with Crippen molar-refractivity contribution in [3.63, 3.8) is 0 Å². The lowest BCUT2D eigenvalue weighted by Gasteiger charge is -2.33. The summed E-state index contributed by atoms with van der Waals surface area (Å²) >= 11 is 0. The van der Waals surface area contributed by atoms with Crippen LogP contribution in [0.2, 0.25) is 0 Å². The van der Waals surface area contributed by atoms with Gasteiger partial charge in [0.2, 0.25) is 0 Å². The minimum atomic E-state index is -0.658. The molecule has 3 unspecified atom stereocenters. The first-order valence-electron chi connectivity index (χ1n) is 8.71. The zero-order valence-corrected chi connectivity index (χ0v) is 14.7. The van der Waals surface area contributed by atoms with Gasteiger partial charge >= 0.3 is 5.97 Å². The molecule has 5 nitrogen and oxygen atoms in total. The molecule has 0 saturated carbocycles. The number of allylic oxidation sites excluding steroid dienone is 2. The van der Waals surface area contributed by atoms with Crippen molar-refractivity contribution < 1.29 is 19.4 Å². The Hall–Kier alpha value is -1.88. The van der Waals surface area contributed by atoms with Crippen LogP contribution in [0.5, 0.6) is 0 Å². The number of carbonyl (C=O) groups excluding carboxylic acids is 2. The zero-order valence-electron chi connectivity index (χ0n) is 14.7. The van der Waals surface area contributed by atoms with E-state index in [0.717, 1.165) is 25.9 Å². The highest BCUT2D eigenvalue weighted by molar-refractivity contribution is 5.98. The van der Waals surface area contributed by atoms with Gasteiger partial charge in [-0.3, -0.25) is 4.79 Å². The Kier molecular flexibility index (Phi) is 6.37. The summed E-state index contributed by atoms with van der Waals surface area (Å²) in [4.78, 5) is 26.8. The number of aliphatic hydroxyl groups excluding tert-OH is 1. The molecule has 2 aliphatic rings. The third kappa shape index (κ3) is 3.96. The molecule has 0 aromatic heterocycles. The van der Waals surface area contributed by atoms with Crippen LogP contribution in [0, 0.1) is 11.8 Å². The first kappa shape index (κ1) is 18.5. The van der Waals surface area contributed by atoms with Gasteiger partial charge in [0.1, 0.15) is 17.6 Å². The van der Waals surface area contributed by atoms with Crippen molar-refractivity contribution >= 4 is 11.8 Å². The number of esters is 1. The monoisotopic (exact) mass is 333 g/mol. The average Bonchev–Trinajstić information content (AvgIpc) is 2.56. The fourth-order valence-electron chi connectivity index (χ4n) is 3.18. The molecule has 0 radical (unpaired) electrons. The zero-order chi connectivity index (χ0) is 17.7. The minimum absolute atomic E-state index is 0.0244. The van der Waals surface area contributed by atoms with Crippen molar-refractivity contribution in [1.82, 2.24) is 4.90 Å². The summed E-state index contributed by atoms with van der Waals surface area (Å²) in [6, 6.07) is 0. The van der Waals surface area contributed by atoms with E-state index >= 15 is 0 Å². The van der Waals surface area contributed by atoms with Gasteiger partial charge in [-0.15, -0.1) is 0 Å². The fraction of sp³-hybridized carbons (Fsp3) is 0.579. The van der Waals surface area contributed by atoms with E-state index in [9.17, 15) is 14.7 Å². The maximum Gasteiger partial charge on any atom is 0.338 e. The smallest absolute Gasteiger partial charge is 0.338 e. The van der Waals surface area contributed by atoms with Crippen LogP contribution in [0.3, 0.4) is 0 Å². The Balaban J connectivity index is 2.28. The molecule has 24 heavy (non-hydrogen) atoms. The van der Waals surface area contributed by atoms with Crippen molar-refractivity contribution in [3.05, 3.63) is 35.6 Å². The average molecular weight is 333 g/mol. The number of fused-ring (bicyclic) bond motifs is 1.